The van der Waals surface area contributed by atoms with Gasteiger partial charge in [0.2, 0.25) is 0 Å². The van der Waals surface area contributed by atoms with E-state index in [1.54, 1.807) is 13.8 Å². The molecule has 0 unspecified atom stereocenters. The minimum atomic E-state index is -0.974. The van der Waals surface area contributed by atoms with Gasteiger partial charge < -0.3 is 10.4 Å². The zero-order valence-corrected chi connectivity index (χ0v) is 10.5. The van der Waals surface area contributed by atoms with Gasteiger partial charge in [-0.3, -0.25) is 14.9 Å². The Morgan fingerprint density at radius 2 is 2.21 bits per heavy atom. The highest BCUT2D eigenvalue weighted by atomic mass is 16.6. The molecule has 0 aliphatic rings. The van der Waals surface area contributed by atoms with E-state index in [9.17, 15) is 14.9 Å². The summed E-state index contributed by atoms with van der Waals surface area (Å²) in [5.41, 5.74) is -0.474. The maximum Gasteiger partial charge on any atom is 0.305 e. The first-order valence-electron chi connectivity index (χ1n) is 5.44. The molecule has 0 atom stereocenters. The summed E-state index contributed by atoms with van der Waals surface area (Å²) in [6, 6.07) is 5.67. The number of nitrogens with one attached hydrogen (secondary N) is 1. The molecule has 7 nitrogen and oxygen atoms in total. The molecular weight excluding hydrogens is 250 g/mol. The number of aliphatic carboxylic acids is 1. The lowest BCUT2D eigenvalue weighted by molar-refractivity contribution is -0.384. The third-order valence-corrected chi connectivity index (χ3v) is 2.40. The van der Waals surface area contributed by atoms with E-state index < -0.39 is 16.4 Å². The summed E-state index contributed by atoms with van der Waals surface area (Å²) in [5.74, 6) is -0.974. The number of carboxylic acids is 1. The van der Waals surface area contributed by atoms with Gasteiger partial charge >= 0.3 is 5.97 Å². The molecule has 0 fully saturated rings. The number of carboxylic acid groups (broad SMARTS) is 1. The Morgan fingerprint density at radius 1 is 1.58 bits per heavy atom. The van der Waals surface area contributed by atoms with Crippen molar-refractivity contribution in [1.29, 1.82) is 5.26 Å². The molecule has 0 aliphatic carbocycles. The highest BCUT2D eigenvalue weighted by molar-refractivity contribution is 5.70. The van der Waals surface area contributed by atoms with Crippen LogP contribution in [0.15, 0.2) is 18.2 Å². The minimum Gasteiger partial charge on any atom is -0.481 e. The van der Waals surface area contributed by atoms with Crippen LogP contribution in [0.4, 0.5) is 11.4 Å². The maximum absolute atomic E-state index is 10.7. The molecule has 0 aromatic heterocycles. The monoisotopic (exact) mass is 263 g/mol. The lowest BCUT2D eigenvalue weighted by atomic mass is 9.99. The molecule has 0 bridgehead atoms. The van der Waals surface area contributed by atoms with Crippen molar-refractivity contribution in [3.63, 3.8) is 0 Å². The van der Waals surface area contributed by atoms with E-state index in [2.05, 4.69) is 5.32 Å². The van der Waals surface area contributed by atoms with Crippen molar-refractivity contribution in [3.8, 4) is 6.07 Å². The molecule has 100 valence electrons. The summed E-state index contributed by atoms with van der Waals surface area (Å²) in [6.07, 6.45) is -0.144. The van der Waals surface area contributed by atoms with Gasteiger partial charge in [-0.25, -0.2) is 0 Å². The van der Waals surface area contributed by atoms with E-state index in [-0.39, 0.29) is 17.7 Å². The molecule has 2 N–H and O–H groups in total. The molecule has 0 saturated carbocycles. The maximum atomic E-state index is 10.7. The van der Waals surface area contributed by atoms with Gasteiger partial charge in [0.05, 0.1) is 22.6 Å². The average Bonchev–Trinajstić information content (AvgIpc) is 2.26. The summed E-state index contributed by atoms with van der Waals surface area (Å²) in [7, 11) is 0. The SMILES string of the molecule is CC(C)(CC(=O)O)Nc1ccc([N+](=O)[O-])cc1C#N. The number of hydrogen-bond acceptors (Lipinski definition) is 5. The summed E-state index contributed by atoms with van der Waals surface area (Å²) in [4.78, 5) is 20.7. The molecule has 0 spiro atoms. The molecule has 0 radical (unpaired) electrons. The van der Waals surface area contributed by atoms with E-state index in [1.807, 2.05) is 6.07 Å². The topological polar surface area (TPSA) is 116 Å². The summed E-state index contributed by atoms with van der Waals surface area (Å²) in [6.45, 7) is 3.34. The molecular formula is C12H13N3O4. The molecule has 1 aromatic rings. The first-order chi connectivity index (χ1) is 8.75. The van der Waals surface area contributed by atoms with Crippen molar-refractivity contribution in [2.45, 2.75) is 25.8 Å². The molecule has 0 heterocycles. The fourth-order valence-electron chi connectivity index (χ4n) is 1.63. The zero-order chi connectivity index (χ0) is 14.6. The van der Waals surface area contributed by atoms with Crippen LogP contribution in [-0.4, -0.2) is 21.5 Å². The van der Waals surface area contributed by atoms with Gasteiger partial charge in [-0.2, -0.15) is 5.26 Å². The van der Waals surface area contributed by atoms with Crippen LogP contribution in [0.25, 0.3) is 0 Å². The fraction of sp³-hybridized carbons (Fsp3) is 0.333. The average molecular weight is 263 g/mol. The Labute approximate surface area is 109 Å². The molecule has 0 saturated heterocycles. The first-order valence-corrected chi connectivity index (χ1v) is 5.44. The van der Waals surface area contributed by atoms with Gasteiger partial charge in [0.25, 0.3) is 5.69 Å². The predicted molar refractivity (Wildman–Crippen MR) is 67.8 cm³/mol. The molecule has 7 heteroatoms. The Balaban J connectivity index is 3.05. The normalized spacial score (nSPS) is 10.6. The second kappa shape index (κ2) is 5.35. The lowest BCUT2D eigenvalue weighted by Crippen LogP contribution is -2.33. The number of non-ortho nitro benzene ring substituents is 1. The zero-order valence-electron chi connectivity index (χ0n) is 10.5. The standard InChI is InChI=1S/C12H13N3O4/c1-12(2,6-11(16)17)14-10-4-3-9(15(18)19)5-8(10)7-13/h3-5,14H,6H2,1-2H3,(H,16,17). The lowest BCUT2D eigenvalue weighted by Gasteiger charge is -2.26. The Bertz CT molecular complexity index is 561. The number of rotatable bonds is 5. The van der Waals surface area contributed by atoms with E-state index in [4.69, 9.17) is 10.4 Å². The van der Waals surface area contributed by atoms with Crippen LogP contribution in [0.5, 0.6) is 0 Å². The number of nitro groups is 1. The highest BCUT2D eigenvalue weighted by Gasteiger charge is 2.23. The number of anilines is 1. The van der Waals surface area contributed by atoms with Gasteiger partial charge in [-0.1, -0.05) is 0 Å². The summed E-state index contributed by atoms with van der Waals surface area (Å²) in [5, 5.41) is 31.3. The first kappa shape index (κ1) is 14.4. The minimum absolute atomic E-state index is 0.104. The number of nitriles is 1. The molecule has 0 amide bonds. The van der Waals surface area contributed by atoms with Gasteiger partial charge in [0, 0.05) is 17.7 Å². The third kappa shape index (κ3) is 3.96. The van der Waals surface area contributed by atoms with E-state index >= 15 is 0 Å². The van der Waals surface area contributed by atoms with Crippen LogP contribution in [-0.2, 0) is 4.79 Å². The Hall–Kier alpha value is -2.62. The van der Waals surface area contributed by atoms with E-state index in [0.717, 1.165) is 6.07 Å². The predicted octanol–water partition coefficient (Wildman–Crippen LogP) is 2.13. The van der Waals surface area contributed by atoms with E-state index in [0.29, 0.717) is 5.69 Å². The van der Waals surface area contributed by atoms with Crippen molar-refractivity contribution in [2.24, 2.45) is 0 Å². The summed E-state index contributed by atoms with van der Waals surface area (Å²) < 4.78 is 0. The Morgan fingerprint density at radius 3 is 2.68 bits per heavy atom. The van der Waals surface area contributed by atoms with Crippen molar-refractivity contribution in [1.82, 2.24) is 0 Å². The number of nitro benzene ring substituents is 1. The smallest absolute Gasteiger partial charge is 0.305 e. The number of benzene rings is 1. The van der Waals surface area contributed by atoms with Crippen LogP contribution >= 0.6 is 0 Å². The number of carbonyl (C=O) groups is 1. The van der Waals surface area contributed by atoms with Crippen molar-refractivity contribution in [2.75, 3.05) is 5.32 Å². The van der Waals surface area contributed by atoms with Gasteiger partial charge in [-0.05, 0) is 19.9 Å². The van der Waals surface area contributed by atoms with E-state index in [1.165, 1.54) is 12.1 Å². The largest absolute Gasteiger partial charge is 0.481 e. The van der Waals surface area contributed by atoms with Crippen LogP contribution in [0.3, 0.4) is 0 Å². The van der Waals surface area contributed by atoms with Crippen LogP contribution in [0.1, 0.15) is 25.8 Å². The molecule has 1 rings (SSSR count). The third-order valence-electron chi connectivity index (χ3n) is 2.40. The van der Waals surface area contributed by atoms with Crippen molar-refractivity contribution in [3.05, 3.63) is 33.9 Å². The second-order valence-corrected chi connectivity index (χ2v) is 4.68. The van der Waals surface area contributed by atoms with Gasteiger partial charge in [-0.15, -0.1) is 0 Å². The van der Waals surface area contributed by atoms with Crippen LogP contribution < -0.4 is 5.32 Å². The number of nitrogens with zero attached hydrogens (tertiary/aromatic N) is 2. The summed E-state index contributed by atoms with van der Waals surface area (Å²) >= 11 is 0. The van der Waals surface area contributed by atoms with Crippen molar-refractivity contribution < 1.29 is 14.8 Å². The number of hydrogen-bond donors (Lipinski definition) is 2. The molecule has 1 aromatic carbocycles. The second-order valence-electron chi connectivity index (χ2n) is 4.68. The molecule has 19 heavy (non-hydrogen) atoms. The van der Waals surface area contributed by atoms with Crippen LogP contribution in [0, 0.1) is 21.4 Å². The van der Waals surface area contributed by atoms with Crippen LogP contribution in [0.2, 0.25) is 0 Å². The molecule has 0 aliphatic heterocycles. The highest BCUT2D eigenvalue weighted by Crippen LogP contribution is 2.25. The van der Waals surface area contributed by atoms with Crippen molar-refractivity contribution >= 4 is 17.3 Å². The van der Waals surface area contributed by atoms with Gasteiger partial charge in [0.15, 0.2) is 0 Å². The fourth-order valence-corrected chi connectivity index (χ4v) is 1.63. The Kier molecular flexibility index (Phi) is 4.07. The quantitative estimate of drug-likeness (QED) is 0.620. The van der Waals surface area contributed by atoms with Gasteiger partial charge in [0.1, 0.15) is 6.07 Å².